The number of nitrogens with one attached hydrogen (secondary N) is 2. The number of sulfonamides is 1. The van der Waals surface area contributed by atoms with Crippen molar-refractivity contribution in [3.05, 3.63) is 23.8 Å². The maximum atomic E-state index is 11.3. The lowest BCUT2D eigenvalue weighted by atomic mass is 10.1. The molecule has 0 aromatic heterocycles. The normalized spacial score (nSPS) is 14.6. The lowest BCUT2D eigenvalue weighted by molar-refractivity contribution is 0.173. The van der Waals surface area contributed by atoms with Gasteiger partial charge in [0.15, 0.2) is 11.5 Å². The number of ether oxygens (including phenoxy) is 2. The Balaban J connectivity index is 1.92. The molecule has 0 atom stereocenters. The lowest BCUT2D eigenvalue weighted by Gasteiger charge is -2.25. The second-order valence-electron chi connectivity index (χ2n) is 5.51. The molecule has 2 rings (SSSR count). The summed E-state index contributed by atoms with van der Waals surface area (Å²) in [6, 6.07) is 5.73. The summed E-state index contributed by atoms with van der Waals surface area (Å²) in [6.07, 6.45) is 1.16. The molecule has 0 unspecified atom stereocenters. The highest BCUT2D eigenvalue weighted by molar-refractivity contribution is 7.88. The van der Waals surface area contributed by atoms with Gasteiger partial charge in [0.25, 0.3) is 0 Å². The fourth-order valence-electron chi connectivity index (χ4n) is 2.18. The van der Waals surface area contributed by atoms with Crippen molar-refractivity contribution in [3.8, 4) is 11.5 Å². The van der Waals surface area contributed by atoms with E-state index in [-0.39, 0.29) is 6.79 Å². The van der Waals surface area contributed by atoms with Crippen LogP contribution < -0.4 is 19.5 Å². The maximum absolute atomic E-state index is 11.3. The highest BCUT2D eigenvalue weighted by Gasteiger charge is 2.22. The van der Waals surface area contributed by atoms with E-state index in [4.69, 9.17) is 9.47 Å². The number of hydrogen-bond donors (Lipinski definition) is 2. The quantitative estimate of drug-likeness (QED) is 0.814. The molecule has 0 saturated carbocycles. The predicted octanol–water partition coefficient (Wildman–Crippen LogP) is 0.833. The van der Waals surface area contributed by atoms with Crippen LogP contribution in [0.25, 0.3) is 0 Å². The molecule has 6 nitrogen and oxygen atoms in total. The number of benzene rings is 1. The average Bonchev–Trinajstić information content (AvgIpc) is 2.74. The van der Waals surface area contributed by atoms with Gasteiger partial charge >= 0.3 is 0 Å². The van der Waals surface area contributed by atoms with E-state index in [2.05, 4.69) is 10.0 Å². The molecule has 1 aliphatic rings. The molecule has 0 spiro atoms. The molecule has 1 aromatic carbocycles. The number of para-hydroxylation sites is 1. The first kappa shape index (κ1) is 15.1. The summed E-state index contributed by atoms with van der Waals surface area (Å²) in [5, 5.41) is 3.23. The van der Waals surface area contributed by atoms with Crippen LogP contribution in [0.3, 0.4) is 0 Å². The van der Waals surface area contributed by atoms with Crippen LogP contribution in [0.5, 0.6) is 11.5 Å². The van der Waals surface area contributed by atoms with Gasteiger partial charge in [-0.2, -0.15) is 0 Å². The third-order valence-corrected chi connectivity index (χ3v) is 3.75. The van der Waals surface area contributed by atoms with Gasteiger partial charge < -0.3 is 14.8 Å². The predicted molar refractivity (Wildman–Crippen MR) is 76.3 cm³/mol. The largest absolute Gasteiger partial charge is 0.454 e. The number of fused-ring (bicyclic) bond motifs is 1. The zero-order chi connectivity index (χ0) is 14.8. The van der Waals surface area contributed by atoms with Crippen molar-refractivity contribution in [2.45, 2.75) is 25.9 Å². The van der Waals surface area contributed by atoms with Crippen LogP contribution in [0, 0.1) is 0 Å². The Morgan fingerprint density at radius 2 is 2.05 bits per heavy atom. The van der Waals surface area contributed by atoms with Crippen LogP contribution in [0.1, 0.15) is 19.4 Å². The summed E-state index contributed by atoms with van der Waals surface area (Å²) in [4.78, 5) is 0. The molecule has 0 fully saturated rings. The van der Waals surface area contributed by atoms with Crippen LogP contribution in [-0.4, -0.2) is 33.6 Å². The zero-order valence-electron chi connectivity index (χ0n) is 11.9. The van der Waals surface area contributed by atoms with Gasteiger partial charge in [0.2, 0.25) is 16.8 Å². The van der Waals surface area contributed by atoms with Crippen LogP contribution >= 0.6 is 0 Å². The summed E-state index contributed by atoms with van der Waals surface area (Å²) in [7, 11) is -3.22. The number of hydrogen-bond acceptors (Lipinski definition) is 5. The highest BCUT2D eigenvalue weighted by atomic mass is 32.2. The van der Waals surface area contributed by atoms with Crippen molar-refractivity contribution >= 4 is 10.0 Å². The van der Waals surface area contributed by atoms with E-state index in [9.17, 15) is 8.42 Å². The fraction of sp³-hybridized carbons (Fsp3) is 0.538. The molecule has 20 heavy (non-hydrogen) atoms. The molecule has 112 valence electrons. The Bertz CT molecular complexity index is 584. The summed E-state index contributed by atoms with van der Waals surface area (Å²) >= 11 is 0. The second-order valence-corrected chi connectivity index (χ2v) is 7.26. The summed E-state index contributed by atoms with van der Waals surface area (Å²) in [6.45, 7) is 4.99. The van der Waals surface area contributed by atoms with Gasteiger partial charge in [-0.25, -0.2) is 13.1 Å². The molecule has 0 aliphatic carbocycles. The smallest absolute Gasteiger partial charge is 0.231 e. The van der Waals surface area contributed by atoms with Gasteiger partial charge in [-0.05, 0) is 19.9 Å². The minimum absolute atomic E-state index is 0.244. The molecule has 0 amide bonds. The first-order valence-electron chi connectivity index (χ1n) is 6.34. The monoisotopic (exact) mass is 300 g/mol. The minimum atomic E-state index is -3.22. The van der Waals surface area contributed by atoms with Crippen molar-refractivity contribution in [3.63, 3.8) is 0 Å². The fourth-order valence-corrected chi connectivity index (χ4v) is 3.25. The van der Waals surface area contributed by atoms with E-state index in [0.717, 1.165) is 23.3 Å². The highest BCUT2D eigenvalue weighted by Crippen LogP contribution is 2.35. The van der Waals surface area contributed by atoms with Gasteiger partial charge in [0.1, 0.15) is 0 Å². The van der Waals surface area contributed by atoms with Crippen LogP contribution in [-0.2, 0) is 16.6 Å². The first-order chi connectivity index (χ1) is 9.27. The Hall–Kier alpha value is -1.31. The van der Waals surface area contributed by atoms with Crippen molar-refractivity contribution in [1.29, 1.82) is 0 Å². The standard InChI is InChI=1S/C13H20N2O4S/c1-13(2,15-20(3,16)17)8-14-7-10-5-4-6-11-12(10)19-9-18-11/h4-6,14-15H,7-9H2,1-3H3. The second kappa shape index (κ2) is 5.59. The molecule has 7 heteroatoms. The third-order valence-electron chi connectivity index (χ3n) is 2.82. The Labute approximate surface area is 119 Å². The van der Waals surface area contributed by atoms with Crippen LogP contribution in [0.2, 0.25) is 0 Å². The molecule has 0 bridgehead atoms. The van der Waals surface area contributed by atoms with Gasteiger partial charge in [0, 0.05) is 24.2 Å². The minimum Gasteiger partial charge on any atom is -0.454 e. The summed E-state index contributed by atoms with van der Waals surface area (Å²) < 4.78 is 35.8. The van der Waals surface area contributed by atoms with E-state index < -0.39 is 15.6 Å². The van der Waals surface area contributed by atoms with Crippen LogP contribution in [0.4, 0.5) is 0 Å². The van der Waals surface area contributed by atoms with E-state index in [0.29, 0.717) is 13.1 Å². The van der Waals surface area contributed by atoms with Crippen molar-refractivity contribution in [2.24, 2.45) is 0 Å². The topological polar surface area (TPSA) is 76.7 Å². The Morgan fingerprint density at radius 3 is 2.75 bits per heavy atom. The SMILES string of the molecule is CC(C)(CNCc1cccc2c1OCO2)NS(C)(=O)=O. The molecule has 1 aliphatic heterocycles. The van der Waals surface area contributed by atoms with E-state index in [1.807, 2.05) is 32.0 Å². The molecule has 1 heterocycles. The lowest BCUT2D eigenvalue weighted by Crippen LogP contribution is -2.49. The van der Waals surface area contributed by atoms with Crippen LogP contribution in [0.15, 0.2) is 18.2 Å². The summed E-state index contributed by atoms with van der Waals surface area (Å²) in [5.74, 6) is 1.51. The average molecular weight is 300 g/mol. The molecular formula is C13H20N2O4S. The molecule has 2 N–H and O–H groups in total. The van der Waals surface area contributed by atoms with Crippen molar-refractivity contribution < 1.29 is 17.9 Å². The van der Waals surface area contributed by atoms with Gasteiger partial charge in [-0.1, -0.05) is 12.1 Å². The van der Waals surface area contributed by atoms with E-state index in [1.54, 1.807) is 0 Å². The Morgan fingerprint density at radius 1 is 1.30 bits per heavy atom. The molecule has 0 saturated heterocycles. The van der Waals surface area contributed by atoms with Gasteiger partial charge in [-0.15, -0.1) is 0 Å². The zero-order valence-corrected chi connectivity index (χ0v) is 12.7. The van der Waals surface area contributed by atoms with E-state index >= 15 is 0 Å². The number of rotatable bonds is 6. The Kier molecular flexibility index (Phi) is 4.22. The molecule has 0 radical (unpaired) electrons. The summed E-state index contributed by atoms with van der Waals surface area (Å²) in [5.41, 5.74) is 0.443. The van der Waals surface area contributed by atoms with Crippen molar-refractivity contribution in [2.75, 3.05) is 19.6 Å². The first-order valence-corrected chi connectivity index (χ1v) is 8.23. The molecule has 1 aromatic rings. The van der Waals surface area contributed by atoms with Gasteiger partial charge in [0.05, 0.1) is 6.26 Å². The maximum Gasteiger partial charge on any atom is 0.231 e. The van der Waals surface area contributed by atoms with E-state index in [1.165, 1.54) is 0 Å². The molecular weight excluding hydrogens is 280 g/mol. The van der Waals surface area contributed by atoms with Crippen molar-refractivity contribution in [1.82, 2.24) is 10.0 Å². The third kappa shape index (κ3) is 4.09. The van der Waals surface area contributed by atoms with Gasteiger partial charge in [-0.3, -0.25) is 0 Å².